The average molecular weight is 619 g/mol. The molecule has 240 valence electrons. The minimum Gasteiger partial charge on any atom is -0.487 e. The van der Waals surface area contributed by atoms with Gasteiger partial charge in [0.1, 0.15) is 18.0 Å². The summed E-state index contributed by atoms with van der Waals surface area (Å²) in [6.45, 7) is 10.2. The number of esters is 1. The fourth-order valence-corrected chi connectivity index (χ4v) is 9.23. The van der Waals surface area contributed by atoms with Crippen LogP contribution in [0.1, 0.15) is 74.0 Å². The number of aryl methyl sites for hydroxylation is 1. The highest BCUT2D eigenvalue weighted by molar-refractivity contribution is 5.92. The molecule has 3 aromatic rings. The molecule has 1 unspecified atom stereocenters. The first-order valence-corrected chi connectivity index (χ1v) is 17.0. The maximum Gasteiger partial charge on any atom is 0.303 e. The van der Waals surface area contributed by atoms with Gasteiger partial charge in [-0.15, -0.1) is 0 Å². The van der Waals surface area contributed by atoms with E-state index in [1.165, 1.54) is 23.6 Å². The largest absolute Gasteiger partial charge is 0.487 e. The Morgan fingerprint density at radius 2 is 1.87 bits per heavy atom. The van der Waals surface area contributed by atoms with E-state index < -0.39 is 0 Å². The van der Waals surface area contributed by atoms with Gasteiger partial charge in [-0.3, -0.25) is 14.5 Å². The van der Waals surface area contributed by atoms with Gasteiger partial charge in [-0.1, -0.05) is 86.1 Å². The zero-order valence-electron chi connectivity index (χ0n) is 27.5. The van der Waals surface area contributed by atoms with Gasteiger partial charge in [0.05, 0.1) is 6.04 Å². The van der Waals surface area contributed by atoms with Gasteiger partial charge in [0, 0.05) is 43.1 Å². The molecule has 3 aromatic carbocycles. The second-order valence-electron chi connectivity index (χ2n) is 14.3. The smallest absolute Gasteiger partial charge is 0.303 e. The first-order valence-electron chi connectivity index (χ1n) is 17.0. The molecule has 1 amide bonds. The summed E-state index contributed by atoms with van der Waals surface area (Å²) in [7, 11) is 0. The molecule has 7 rings (SSSR count). The fraction of sp³-hybridized carbons (Fsp3) is 0.450. The number of hydrogen-bond acceptors (Lipinski definition) is 5. The number of carbonyl (C=O) groups is 2. The molecule has 6 nitrogen and oxygen atoms in total. The average Bonchev–Trinajstić information content (AvgIpc) is 3.38. The minimum atomic E-state index is -0.313. The molecule has 6 atom stereocenters. The second-order valence-corrected chi connectivity index (χ2v) is 14.3. The Morgan fingerprint density at radius 3 is 2.63 bits per heavy atom. The molecule has 1 spiro atoms. The van der Waals surface area contributed by atoms with Gasteiger partial charge in [0.2, 0.25) is 5.91 Å². The van der Waals surface area contributed by atoms with Crippen LogP contribution in [0, 0.1) is 18.8 Å². The van der Waals surface area contributed by atoms with Crippen LogP contribution in [0.5, 0.6) is 5.75 Å². The highest BCUT2D eigenvalue weighted by Gasteiger charge is 2.66. The molecule has 0 radical (unpaired) electrons. The van der Waals surface area contributed by atoms with E-state index in [0.29, 0.717) is 31.0 Å². The van der Waals surface area contributed by atoms with Crippen LogP contribution in [0.2, 0.25) is 0 Å². The molecule has 2 heterocycles. The van der Waals surface area contributed by atoms with E-state index in [-0.39, 0.29) is 35.5 Å². The number of nitrogens with zero attached hydrogens (tertiary/aromatic N) is 2. The monoisotopic (exact) mass is 618 g/mol. The number of rotatable bonds is 9. The highest BCUT2D eigenvalue weighted by Crippen LogP contribution is 2.62. The number of amides is 1. The summed E-state index contributed by atoms with van der Waals surface area (Å²) in [5, 5.41) is 0. The summed E-state index contributed by atoms with van der Waals surface area (Å²) >= 11 is 0. The number of likely N-dealkylation sites (tertiary alicyclic amines) is 1. The normalized spacial score (nSPS) is 26.8. The van der Waals surface area contributed by atoms with E-state index in [1.54, 1.807) is 6.08 Å². The van der Waals surface area contributed by atoms with E-state index in [2.05, 4.69) is 73.0 Å². The molecule has 0 N–H and O–H groups in total. The Hall–Kier alpha value is -3.90. The third kappa shape index (κ3) is 5.45. The van der Waals surface area contributed by atoms with Crippen molar-refractivity contribution in [1.82, 2.24) is 9.80 Å². The third-order valence-corrected chi connectivity index (χ3v) is 10.9. The number of benzene rings is 3. The molecule has 1 saturated heterocycles. The van der Waals surface area contributed by atoms with Crippen LogP contribution in [0.25, 0.3) is 6.08 Å². The standard InChI is InChI=1S/C40H46N2O4/c1-26(2)24-42(37(44)19-16-29-11-8-10-27(3)22-29)33-18-17-32-34-23-31-14-9-15-35-38(31)40(32,39(33)46-35)20-21-41(34)25-36(45-28(4)43)30-12-6-5-7-13-30/h5-16,19,22,26,32-34,36,39H,17-18,20-21,23-25H2,1-4H3/t32-,33+,34+,36?,39-,40-/m0/s1. The zero-order chi connectivity index (χ0) is 32.0. The zero-order valence-corrected chi connectivity index (χ0v) is 27.5. The predicted molar refractivity (Wildman–Crippen MR) is 180 cm³/mol. The van der Waals surface area contributed by atoms with Crippen LogP contribution in [0.15, 0.2) is 78.9 Å². The molecule has 46 heavy (non-hydrogen) atoms. The molecule has 2 fully saturated rings. The molecule has 2 bridgehead atoms. The van der Waals surface area contributed by atoms with Gasteiger partial charge in [0.25, 0.3) is 0 Å². The van der Waals surface area contributed by atoms with Crippen LogP contribution < -0.4 is 4.74 Å². The summed E-state index contributed by atoms with van der Waals surface area (Å²) in [6, 6.07) is 25.3. The first-order chi connectivity index (χ1) is 22.2. The van der Waals surface area contributed by atoms with E-state index in [0.717, 1.165) is 49.1 Å². The van der Waals surface area contributed by atoms with Gasteiger partial charge in [-0.2, -0.15) is 0 Å². The number of carbonyl (C=O) groups excluding carboxylic acids is 2. The predicted octanol–water partition coefficient (Wildman–Crippen LogP) is 6.91. The fourth-order valence-electron chi connectivity index (χ4n) is 9.23. The van der Waals surface area contributed by atoms with Crippen molar-refractivity contribution in [2.45, 2.75) is 83.1 Å². The van der Waals surface area contributed by atoms with Crippen LogP contribution in [-0.4, -0.2) is 59.5 Å². The molecule has 4 aliphatic rings. The molecule has 6 heteroatoms. The van der Waals surface area contributed by atoms with Crippen molar-refractivity contribution in [3.05, 3.63) is 107 Å². The summed E-state index contributed by atoms with van der Waals surface area (Å²) in [6.07, 6.45) is 7.19. The van der Waals surface area contributed by atoms with Gasteiger partial charge in [-0.05, 0) is 79.8 Å². The molecular formula is C40H46N2O4. The molecule has 1 saturated carbocycles. The molecule has 2 aliphatic carbocycles. The Morgan fingerprint density at radius 1 is 1.07 bits per heavy atom. The first kappa shape index (κ1) is 30.7. The topological polar surface area (TPSA) is 59.1 Å². The number of ether oxygens (including phenoxy) is 2. The van der Waals surface area contributed by atoms with E-state index >= 15 is 0 Å². The highest BCUT2D eigenvalue weighted by atomic mass is 16.5. The van der Waals surface area contributed by atoms with Crippen LogP contribution in [0.3, 0.4) is 0 Å². The quantitative estimate of drug-likeness (QED) is 0.193. The maximum atomic E-state index is 14.1. The van der Waals surface area contributed by atoms with E-state index in [1.807, 2.05) is 36.4 Å². The lowest BCUT2D eigenvalue weighted by Gasteiger charge is -2.60. The summed E-state index contributed by atoms with van der Waals surface area (Å²) < 4.78 is 12.9. The summed E-state index contributed by atoms with van der Waals surface area (Å²) in [4.78, 5) is 31.0. The third-order valence-electron chi connectivity index (χ3n) is 10.9. The van der Waals surface area contributed by atoms with Gasteiger partial charge in [0.15, 0.2) is 0 Å². The molecule has 2 aliphatic heterocycles. The van der Waals surface area contributed by atoms with E-state index in [4.69, 9.17) is 9.47 Å². The lowest BCUT2D eigenvalue weighted by molar-refractivity contribution is -0.151. The lowest BCUT2D eigenvalue weighted by Crippen LogP contribution is -2.69. The van der Waals surface area contributed by atoms with Gasteiger partial charge < -0.3 is 14.4 Å². The van der Waals surface area contributed by atoms with Gasteiger partial charge in [-0.25, -0.2) is 0 Å². The summed E-state index contributed by atoms with van der Waals surface area (Å²) in [5.41, 5.74) is 5.89. The number of piperidine rings is 1. The van der Waals surface area contributed by atoms with Crippen LogP contribution in [0.4, 0.5) is 0 Å². The van der Waals surface area contributed by atoms with Gasteiger partial charge >= 0.3 is 5.97 Å². The Labute approximate surface area is 273 Å². The SMILES string of the molecule is CC(=O)OC(CN1CC[C@]23c4c5cccc4O[C@H]2[C@H](N(CC(C)C)C(=O)C=Cc2cccc(C)c2)CC[C@H]3[C@H]1C5)c1ccccc1. The van der Waals surface area contributed by atoms with Crippen molar-refractivity contribution in [2.24, 2.45) is 11.8 Å². The van der Waals surface area contributed by atoms with Crippen molar-refractivity contribution in [1.29, 1.82) is 0 Å². The maximum absolute atomic E-state index is 14.1. The van der Waals surface area contributed by atoms with Crippen molar-refractivity contribution in [2.75, 3.05) is 19.6 Å². The van der Waals surface area contributed by atoms with Crippen molar-refractivity contribution >= 4 is 18.0 Å². The molecule has 0 aromatic heterocycles. The Balaban J connectivity index is 1.21. The Bertz CT molecular complexity index is 1630. The minimum absolute atomic E-state index is 0.00280. The Kier molecular flexibility index (Phi) is 8.26. The number of hydrogen-bond donors (Lipinski definition) is 0. The molecular weight excluding hydrogens is 572 g/mol. The van der Waals surface area contributed by atoms with Crippen molar-refractivity contribution in [3.63, 3.8) is 0 Å². The summed E-state index contributed by atoms with van der Waals surface area (Å²) in [5.74, 6) is 1.57. The van der Waals surface area contributed by atoms with Crippen LogP contribution >= 0.6 is 0 Å². The lowest BCUT2D eigenvalue weighted by atomic mass is 9.51. The van der Waals surface area contributed by atoms with Crippen molar-refractivity contribution < 1.29 is 19.1 Å². The van der Waals surface area contributed by atoms with E-state index in [9.17, 15) is 9.59 Å². The second kappa shape index (κ2) is 12.4. The van der Waals surface area contributed by atoms with Crippen LogP contribution in [-0.2, 0) is 26.2 Å². The van der Waals surface area contributed by atoms with Crippen molar-refractivity contribution in [3.8, 4) is 5.75 Å².